The van der Waals surface area contributed by atoms with Crippen molar-refractivity contribution in [2.24, 2.45) is 5.92 Å². The first-order valence-electron chi connectivity index (χ1n) is 7.32. The molecule has 1 aliphatic heterocycles. The molecule has 20 heavy (non-hydrogen) atoms. The highest BCUT2D eigenvalue weighted by Gasteiger charge is 2.38. The van der Waals surface area contributed by atoms with Gasteiger partial charge in [0.2, 0.25) is 0 Å². The SMILES string of the molecule is Cc1cc(C)c2c(c1)NC(c1cccs1)C1CC=CC21. The molecule has 2 heterocycles. The van der Waals surface area contributed by atoms with Crippen LogP contribution in [0.25, 0.3) is 0 Å². The molecule has 0 radical (unpaired) electrons. The van der Waals surface area contributed by atoms with Crippen LogP contribution in [0.5, 0.6) is 0 Å². The summed E-state index contributed by atoms with van der Waals surface area (Å²) >= 11 is 1.87. The van der Waals surface area contributed by atoms with Crippen molar-refractivity contribution in [3.63, 3.8) is 0 Å². The van der Waals surface area contributed by atoms with E-state index in [0.29, 0.717) is 17.9 Å². The molecule has 2 heteroatoms. The van der Waals surface area contributed by atoms with Gasteiger partial charge in [-0.15, -0.1) is 11.3 Å². The minimum atomic E-state index is 0.462. The highest BCUT2D eigenvalue weighted by atomic mass is 32.1. The predicted octanol–water partition coefficient (Wildman–Crippen LogP) is 5.19. The van der Waals surface area contributed by atoms with Crippen LogP contribution < -0.4 is 5.32 Å². The van der Waals surface area contributed by atoms with Crippen LogP contribution in [0.1, 0.15) is 39.9 Å². The van der Waals surface area contributed by atoms with Crippen molar-refractivity contribution >= 4 is 17.0 Å². The Morgan fingerprint density at radius 1 is 1.25 bits per heavy atom. The van der Waals surface area contributed by atoms with Gasteiger partial charge in [-0.05, 0) is 60.4 Å². The Kier molecular flexibility index (Phi) is 2.74. The Bertz CT molecular complexity index is 669. The molecule has 0 spiro atoms. The Labute approximate surface area is 124 Å². The molecule has 0 bridgehead atoms. The van der Waals surface area contributed by atoms with E-state index in [0.717, 1.165) is 0 Å². The van der Waals surface area contributed by atoms with E-state index in [9.17, 15) is 0 Å². The second-order valence-electron chi connectivity index (χ2n) is 6.03. The van der Waals surface area contributed by atoms with Gasteiger partial charge in [-0.25, -0.2) is 0 Å². The summed E-state index contributed by atoms with van der Waals surface area (Å²) in [5.41, 5.74) is 5.63. The van der Waals surface area contributed by atoms with Crippen LogP contribution in [0.3, 0.4) is 0 Å². The van der Waals surface area contributed by atoms with Crippen molar-refractivity contribution in [2.75, 3.05) is 5.32 Å². The number of benzene rings is 1. The highest BCUT2D eigenvalue weighted by Crippen LogP contribution is 2.51. The van der Waals surface area contributed by atoms with E-state index in [4.69, 9.17) is 0 Å². The van der Waals surface area contributed by atoms with E-state index < -0.39 is 0 Å². The maximum Gasteiger partial charge on any atom is 0.0646 e. The predicted molar refractivity (Wildman–Crippen MR) is 86.6 cm³/mol. The van der Waals surface area contributed by atoms with Crippen molar-refractivity contribution in [1.29, 1.82) is 0 Å². The molecule has 3 atom stereocenters. The second kappa shape index (κ2) is 4.49. The molecule has 1 nitrogen and oxygen atoms in total. The summed E-state index contributed by atoms with van der Waals surface area (Å²) in [6, 6.07) is 9.52. The Hall–Kier alpha value is -1.54. The van der Waals surface area contributed by atoms with Gasteiger partial charge in [0.1, 0.15) is 0 Å². The fourth-order valence-corrected chi connectivity index (χ4v) is 4.74. The van der Waals surface area contributed by atoms with E-state index in [-0.39, 0.29) is 0 Å². The van der Waals surface area contributed by atoms with Crippen molar-refractivity contribution in [1.82, 2.24) is 0 Å². The zero-order valence-corrected chi connectivity index (χ0v) is 12.7. The molecule has 2 aromatic rings. The van der Waals surface area contributed by atoms with Crippen LogP contribution in [0, 0.1) is 19.8 Å². The third kappa shape index (κ3) is 1.75. The van der Waals surface area contributed by atoms with E-state index >= 15 is 0 Å². The average molecular weight is 281 g/mol. The van der Waals surface area contributed by atoms with Gasteiger partial charge in [-0.1, -0.05) is 24.3 Å². The van der Waals surface area contributed by atoms with Gasteiger partial charge >= 0.3 is 0 Å². The summed E-state index contributed by atoms with van der Waals surface area (Å²) in [5, 5.41) is 6.01. The third-order valence-electron chi connectivity index (χ3n) is 4.67. The number of allylic oxidation sites excluding steroid dienone is 2. The molecule has 4 rings (SSSR count). The maximum absolute atomic E-state index is 3.82. The first kappa shape index (κ1) is 12.2. The lowest BCUT2D eigenvalue weighted by Crippen LogP contribution is -2.29. The van der Waals surface area contributed by atoms with Gasteiger partial charge in [0.05, 0.1) is 6.04 Å². The lowest BCUT2D eigenvalue weighted by molar-refractivity contribution is 0.429. The maximum atomic E-state index is 3.82. The van der Waals surface area contributed by atoms with Crippen molar-refractivity contribution in [2.45, 2.75) is 32.2 Å². The van der Waals surface area contributed by atoms with Crippen molar-refractivity contribution < 1.29 is 0 Å². The molecule has 1 aromatic heterocycles. The number of nitrogens with one attached hydrogen (secondary N) is 1. The van der Waals surface area contributed by atoms with E-state index in [1.165, 1.54) is 33.7 Å². The molecule has 1 N–H and O–H groups in total. The van der Waals surface area contributed by atoms with Gasteiger partial charge in [-0.2, -0.15) is 0 Å². The molecule has 0 amide bonds. The Morgan fingerprint density at radius 3 is 2.95 bits per heavy atom. The quantitative estimate of drug-likeness (QED) is 0.709. The summed E-state index contributed by atoms with van der Waals surface area (Å²) in [7, 11) is 0. The van der Waals surface area contributed by atoms with Crippen LogP contribution in [-0.2, 0) is 0 Å². The molecule has 3 unspecified atom stereocenters. The smallest absolute Gasteiger partial charge is 0.0646 e. The van der Waals surface area contributed by atoms with Crippen LogP contribution in [0.2, 0.25) is 0 Å². The molecule has 1 aromatic carbocycles. The van der Waals surface area contributed by atoms with E-state index in [2.05, 4.69) is 61.0 Å². The van der Waals surface area contributed by atoms with Gasteiger partial charge < -0.3 is 5.32 Å². The summed E-state index contributed by atoms with van der Waals surface area (Å²) in [6.07, 6.45) is 5.98. The number of anilines is 1. The topological polar surface area (TPSA) is 12.0 Å². The molecular weight excluding hydrogens is 262 g/mol. The molecule has 0 saturated heterocycles. The first-order valence-corrected chi connectivity index (χ1v) is 8.20. The van der Waals surface area contributed by atoms with Crippen molar-refractivity contribution in [3.05, 3.63) is 63.4 Å². The summed E-state index contributed by atoms with van der Waals surface area (Å²) in [6.45, 7) is 4.44. The van der Waals surface area contributed by atoms with Gasteiger partial charge in [0, 0.05) is 16.5 Å². The number of hydrogen-bond acceptors (Lipinski definition) is 2. The molecule has 0 fully saturated rings. The minimum Gasteiger partial charge on any atom is -0.377 e. The monoisotopic (exact) mass is 281 g/mol. The molecular formula is C18H19NS. The fourth-order valence-electron chi connectivity index (χ4n) is 3.89. The first-order chi connectivity index (χ1) is 9.74. The number of aryl methyl sites for hydroxylation is 2. The second-order valence-corrected chi connectivity index (χ2v) is 7.01. The van der Waals surface area contributed by atoms with E-state index in [1.807, 2.05) is 11.3 Å². The Morgan fingerprint density at radius 2 is 2.15 bits per heavy atom. The van der Waals surface area contributed by atoms with E-state index in [1.54, 1.807) is 0 Å². The Balaban J connectivity index is 1.86. The zero-order valence-electron chi connectivity index (χ0n) is 11.9. The standard InChI is InChI=1S/C18H19NS/c1-11-9-12(2)17-13-5-3-6-14(13)18(19-15(17)10-11)16-7-4-8-20-16/h3-5,7-10,13-14,18-19H,6H2,1-2H3. The van der Waals surface area contributed by atoms with Crippen LogP contribution in [-0.4, -0.2) is 0 Å². The summed E-state index contributed by atoms with van der Waals surface area (Å²) in [4.78, 5) is 1.47. The summed E-state index contributed by atoms with van der Waals surface area (Å²) in [5.74, 6) is 1.25. The minimum absolute atomic E-state index is 0.462. The number of hydrogen-bond donors (Lipinski definition) is 1. The molecule has 0 saturated carbocycles. The average Bonchev–Trinajstić information content (AvgIpc) is 3.08. The van der Waals surface area contributed by atoms with Gasteiger partial charge in [0.15, 0.2) is 0 Å². The largest absolute Gasteiger partial charge is 0.377 e. The lowest BCUT2D eigenvalue weighted by atomic mass is 9.77. The van der Waals surface area contributed by atoms with Crippen molar-refractivity contribution in [3.8, 4) is 0 Å². The molecule has 1 aliphatic carbocycles. The lowest BCUT2D eigenvalue weighted by Gasteiger charge is -2.38. The number of fused-ring (bicyclic) bond motifs is 3. The molecule has 102 valence electrons. The normalized spacial score (nSPS) is 27.0. The van der Waals surface area contributed by atoms with Crippen LogP contribution in [0.15, 0.2) is 41.8 Å². The van der Waals surface area contributed by atoms with Gasteiger partial charge in [-0.3, -0.25) is 0 Å². The third-order valence-corrected chi connectivity index (χ3v) is 5.62. The van der Waals surface area contributed by atoms with Gasteiger partial charge in [0.25, 0.3) is 0 Å². The number of thiophene rings is 1. The number of rotatable bonds is 1. The highest BCUT2D eigenvalue weighted by molar-refractivity contribution is 7.10. The summed E-state index contributed by atoms with van der Waals surface area (Å²) < 4.78 is 0. The van der Waals surface area contributed by atoms with Crippen LogP contribution in [0.4, 0.5) is 5.69 Å². The fraction of sp³-hybridized carbons (Fsp3) is 0.333. The van der Waals surface area contributed by atoms with Crippen LogP contribution >= 0.6 is 11.3 Å². The molecule has 2 aliphatic rings. The zero-order chi connectivity index (χ0) is 13.7.